The Kier molecular flexibility index (Phi) is 5.60. The number of nitrogens with zero attached hydrogens (tertiary/aromatic N) is 1. The van der Waals surface area contributed by atoms with Crippen LogP contribution in [0.2, 0.25) is 0 Å². The Morgan fingerprint density at radius 2 is 1.90 bits per heavy atom. The molecule has 0 radical (unpaired) electrons. The van der Waals surface area contributed by atoms with Gasteiger partial charge in [-0.2, -0.15) is 0 Å². The smallest absolute Gasteiger partial charge is 0.272 e. The van der Waals surface area contributed by atoms with Gasteiger partial charge in [-0.05, 0) is 49.6 Å². The molecule has 3 heterocycles. The standard InChI is InChI=1S/C22H19NO4S2/c1-14(2)27-17-9-4-3-8-16(17)23-21(24)19(18-10-6-12-28-18)20(22(23)25)29-13-15-7-5-11-26-15/h3-12,14H,13H2,1-2H3. The molecule has 0 unspecified atom stereocenters. The Bertz CT molecular complexity index is 1050. The Balaban J connectivity index is 1.73. The Morgan fingerprint density at radius 1 is 1.07 bits per heavy atom. The van der Waals surface area contributed by atoms with Crippen molar-refractivity contribution in [3.05, 3.63) is 75.7 Å². The van der Waals surface area contributed by atoms with E-state index in [1.807, 2.05) is 43.5 Å². The van der Waals surface area contributed by atoms with Crippen LogP contribution in [0.1, 0.15) is 24.5 Å². The molecule has 1 aliphatic heterocycles. The fourth-order valence-corrected chi connectivity index (χ4v) is 4.87. The summed E-state index contributed by atoms with van der Waals surface area (Å²) < 4.78 is 11.2. The van der Waals surface area contributed by atoms with Crippen LogP contribution < -0.4 is 9.64 Å². The minimum Gasteiger partial charge on any atom is -0.489 e. The van der Waals surface area contributed by atoms with Crippen LogP contribution in [0.4, 0.5) is 5.69 Å². The van der Waals surface area contributed by atoms with Gasteiger partial charge in [0.15, 0.2) is 0 Å². The van der Waals surface area contributed by atoms with Crippen LogP contribution >= 0.6 is 23.1 Å². The average molecular weight is 426 g/mol. The van der Waals surface area contributed by atoms with Crippen molar-refractivity contribution in [1.82, 2.24) is 0 Å². The number of hydrogen-bond donors (Lipinski definition) is 0. The van der Waals surface area contributed by atoms with E-state index < -0.39 is 0 Å². The lowest BCUT2D eigenvalue weighted by atomic mass is 10.2. The summed E-state index contributed by atoms with van der Waals surface area (Å²) in [6.07, 6.45) is 1.51. The monoisotopic (exact) mass is 425 g/mol. The lowest BCUT2D eigenvalue weighted by Gasteiger charge is -2.20. The molecule has 0 saturated carbocycles. The van der Waals surface area contributed by atoms with Crippen LogP contribution in [0.25, 0.3) is 5.57 Å². The molecule has 0 bridgehead atoms. The van der Waals surface area contributed by atoms with Gasteiger partial charge in [-0.1, -0.05) is 18.2 Å². The van der Waals surface area contributed by atoms with Crippen molar-refractivity contribution in [3.63, 3.8) is 0 Å². The molecule has 1 aliphatic rings. The molecule has 3 aromatic rings. The van der Waals surface area contributed by atoms with E-state index >= 15 is 0 Å². The molecule has 0 atom stereocenters. The molecule has 0 N–H and O–H groups in total. The van der Waals surface area contributed by atoms with Crippen molar-refractivity contribution >= 4 is 46.2 Å². The van der Waals surface area contributed by atoms with E-state index in [0.29, 0.717) is 27.7 Å². The maximum absolute atomic E-state index is 13.4. The van der Waals surface area contributed by atoms with Gasteiger partial charge in [0, 0.05) is 4.88 Å². The third-order valence-corrected chi connectivity index (χ3v) is 6.20. The van der Waals surface area contributed by atoms with Crippen molar-refractivity contribution in [2.75, 3.05) is 4.90 Å². The maximum Gasteiger partial charge on any atom is 0.272 e. The highest BCUT2D eigenvalue weighted by molar-refractivity contribution is 8.03. The first kappa shape index (κ1) is 19.5. The summed E-state index contributed by atoms with van der Waals surface area (Å²) in [4.78, 5) is 29.2. The van der Waals surface area contributed by atoms with Crippen LogP contribution in [0, 0.1) is 0 Å². The summed E-state index contributed by atoms with van der Waals surface area (Å²) in [7, 11) is 0. The molecular formula is C22H19NO4S2. The fraction of sp³-hybridized carbons (Fsp3) is 0.182. The first-order valence-corrected chi connectivity index (χ1v) is 11.0. The van der Waals surface area contributed by atoms with Gasteiger partial charge in [0.25, 0.3) is 11.8 Å². The molecule has 0 aliphatic carbocycles. The van der Waals surface area contributed by atoms with Crippen molar-refractivity contribution in [3.8, 4) is 5.75 Å². The number of benzene rings is 1. The molecule has 2 aromatic heterocycles. The number of amides is 2. The van der Waals surface area contributed by atoms with Crippen molar-refractivity contribution < 1.29 is 18.7 Å². The van der Waals surface area contributed by atoms with E-state index in [9.17, 15) is 9.59 Å². The van der Waals surface area contributed by atoms with Gasteiger partial charge in [-0.25, -0.2) is 4.90 Å². The predicted octanol–water partition coefficient (Wildman–Crippen LogP) is 5.35. The highest BCUT2D eigenvalue weighted by Crippen LogP contribution is 2.43. The summed E-state index contributed by atoms with van der Waals surface area (Å²) in [5, 5.41) is 1.90. The SMILES string of the molecule is CC(C)Oc1ccccc1N1C(=O)C(SCc2ccco2)=C(c2cccs2)C1=O. The Hall–Kier alpha value is -2.77. The van der Waals surface area contributed by atoms with Gasteiger partial charge in [0.05, 0.1) is 34.3 Å². The largest absolute Gasteiger partial charge is 0.489 e. The number of carbonyl (C=O) groups excluding carboxylic acids is 2. The zero-order valence-electron chi connectivity index (χ0n) is 16.0. The summed E-state index contributed by atoms with van der Waals surface area (Å²) in [5.74, 6) is 1.05. The van der Waals surface area contributed by atoms with Gasteiger partial charge in [-0.3, -0.25) is 9.59 Å². The third-order valence-electron chi connectivity index (χ3n) is 4.22. The molecule has 7 heteroatoms. The highest BCUT2D eigenvalue weighted by atomic mass is 32.2. The maximum atomic E-state index is 13.4. The van der Waals surface area contributed by atoms with Crippen LogP contribution in [0.3, 0.4) is 0 Å². The summed E-state index contributed by atoms with van der Waals surface area (Å²) in [5.41, 5.74) is 0.889. The lowest BCUT2D eigenvalue weighted by molar-refractivity contribution is -0.119. The highest BCUT2D eigenvalue weighted by Gasteiger charge is 2.41. The zero-order chi connectivity index (χ0) is 20.4. The number of rotatable bonds is 7. The molecule has 1 aromatic carbocycles. The molecule has 148 valence electrons. The van der Waals surface area contributed by atoms with E-state index in [2.05, 4.69) is 0 Å². The van der Waals surface area contributed by atoms with Crippen LogP contribution in [-0.4, -0.2) is 17.9 Å². The van der Waals surface area contributed by atoms with Gasteiger partial charge in [0.1, 0.15) is 11.5 Å². The van der Waals surface area contributed by atoms with E-state index in [4.69, 9.17) is 9.15 Å². The topological polar surface area (TPSA) is 59.8 Å². The van der Waals surface area contributed by atoms with E-state index in [-0.39, 0.29) is 17.9 Å². The number of thioether (sulfide) groups is 1. The minimum atomic E-state index is -0.338. The normalized spacial score (nSPS) is 14.4. The number of hydrogen-bond acceptors (Lipinski definition) is 6. The number of para-hydroxylation sites is 2. The number of ether oxygens (including phenoxy) is 1. The predicted molar refractivity (Wildman–Crippen MR) is 116 cm³/mol. The second kappa shape index (κ2) is 8.31. The van der Waals surface area contributed by atoms with Crippen LogP contribution in [0.15, 0.2) is 69.5 Å². The van der Waals surface area contributed by atoms with Crippen molar-refractivity contribution in [2.45, 2.75) is 25.7 Å². The molecule has 5 nitrogen and oxygen atoms in total. The van der Waals surface area contributed by atoms with Gasteiger partial charge >= 0.3 is 0 Å². The summed E-state index contributed by atoms with van der Waals surface area (Å²) in [6.45, 7) is 3.81. The van der Waals surface area contributed by atoms with Crippen molar-refractivity contribution in [2.24, 2.45) is 0 Å². The summed E-state index contributed by atoms with van der Waals surface area (Å²) in [6, 6.07) is 14.5. The quantitative estimate of drug-likeness (QED) is 0.478. The molecule has 4 rings (SSSR count). The van der Waals surface area contributed by atoms with Gasteiger partial charge in [-0.15, -0.1) is 23.1 Å². The summed E-state index contributed by atoms with van der Waals surface area (Å²) >= 11 is 2.76. The van der Waals surface area contributed by atoms with Gasteiger partial charge in [0.2, 0.25) is 0 Å². The van der Waals surface area contributed by atoms with E-state index in [1.165, 1.54) is 28.0 Å². The molecule has 0 fully saturated rings. The second-order valence-corrected chi connectivity index (χ2v) is 8.56. The zero-order valence-corrected chi connectivity index (χ0v) is 17.6. The molecule has 29 heavy (non-hydrogen) atoms. The number of imide groups is 1. The number of anilines is 1. The minimum absolute atomic E-state index is 0.0820. The number of thiophene rings is 1. The Labute approximate surface area is 177 Å². The van der Waals surface area contributed by atoms with E-state index in [0.717, 1.165) is 10.6 Å². The number of carbonyl (C=O) groups is 2. The lowest BCUT2D eigenvalue weighted by Crippen LogP contribution is -2.32. The number of furan rings is 1. The first-order chi connectivity index (χ1) is 14.1. The van der Waals surface area contributed by atoms with Crippen molar-refractivity contribution in [1.29, 1.82) is 0 Å². The van der Waals surface area contributed by atoms with Crippen LogP contribution in [0.5, 0.6) is 5.75 Å². The third kappa shape index (κ3) is 3.88. The molecular weight excluding hydrogens is 406 g/mol. The van der Waals surface area contributed by atoms with Gasteiger partial charge < -0.3 is 9.15 Å². The van der Waals surface area contributed by atoms with E-state index in [1.54, 1.807) is 30.5 Å². The average Bonchev–Trinajstić information content (AvgIpc) is 3.43. The second-order valence-electron chi connectivity index (χ2n) is 6.63. The molecule has 2 amide bonds. The Morgan fingerprint density at radius 3 is 2.59 bits per heavy atom. The fourth-order valence-electron chi connectivity index (χ4n) is 3.03. The van der Waals surface area contributed by atoms with Crippen LogP contribution in [-0.2, 0) is 15.3 Å². The molecule has 0 spiro atoms. The first-order valence-electron chi connectivity index (χ1n) is 9.14. The molecule has 0 saturated heterocycles.